The highest BCUT2D eigenvalue weighted by atomic mass is 32.1. The number of aryl methyl sites for hydroxylation is 3. The average molecular weight is 306 g/mol. The van der Waals surface area contributed by atoms with E-state index < -0.39 is 5.97 Å². The summed E-state index contributed by atoms with van der Waals surface area (Å²) in [5.74, 6) is -1.36. The SMILES string of the molecule is CCCc1cc(C(=O)Nc2cc(C)[nH]c2C(=O)O)sc1C. The van der Waals surface area contributed by atoms with Gasteiger partial charge in [-0.1, -0.05) is 13.3 Å². The quantitative estimate of drug-likeness (QED) is 0.789. The Morgan fingerprint density at radius 3 is 2.67 bits per heavy atom. The summed E-state index contributed by atoms with van der Waals surface area (Å²) < 4.78 is 0. The van der Waals surface area contributed by atoms with Crippen LogP contribution in [0.2, 0.25) is 0 Å². The van der Waals surface area contributed by atoms with Gasteiger partial charge in [0.25, 0.3) is 5.91 Å². The average Bonchev–Trinajstić information content (AvgIpc) is 2.94. The van der Waals surface area contributed by atoms with Crippen molar-refractivity contribution in [3.05, 3.63) is 38.8 Å². The van der Waals surface area contributed by atoms with Crippen LogP contribution in [0.5, 0.6) is 0 Å². The highest BCUT2D eigenvalue weighted by molar-refractivity contribution is 7.14. The molecule has 2 heterocycles. The molecule has 21 heavy (non-hydrogen) atoms. The number of aromatic carboxylic acids is 1. The lowest BCUT2D eigenvalue weighted by Gasteiger charge is -2.02. The normalized spacial score (nSPS) is 10.6. The zero-order valence-corrected chi connectivity index (χ0v) is 13.1. The summed E-state index contributed by atoms with van der Waals surface area (Å²) in [6.45, 7) is 5.84. The fourth-order valence-electron chi connectivity index (χ4n) is 2.19. The molecule has 0 spiro atoms. The van der Waals surface area contributed by atoms with E-state index in [9.17, 15) is 9.59 Å². The smallest absolute Gasteiger partial charge is 0.354 e. The Hall–Kier alpha value is -2.08. The van der Waals surface area contributed by atoms with Crippen molar-refractivity contribution >= 4 is 28.9 Å². The molecule has 0 aliphatic carbocycles. The molecule has 0 aromatic carbocycles. The molecule has 0 saturated heterocycles. The number of H-pyrrole nitrogens is 1. The molecule has 0 radical (unpaired) electrons. The van der Waals surface area contributed by atoms with Gasteiger partial charge in [-0.2, -0.15) is 0 Å². The fourth-order valence-corrected chi connectivity index (χ4v) is 3.16. The van der Waals surface area contributed by atoms with Crippen molar-refractivity contribution in [1.82, 2.24) is 4.98 Å². The Morgan fingerprint density at radius 1 is 1.33 bits per heavy atom. The predicted octanol–water partition coefficient (Wildman–Crippen LogP) is 3.60. The zero-order valence-electron chi connectivity index (χ0n) is 12.2. The number of aromatic amines is 1. The first-order valence-corrected chi connectivity index (χ1v) is 7.57. The number of hydrogen-bond acceptors (Lipinski definition) is 3. The lowest BCUT2D eigenvalue weighted by molar-refractivity contribution is 0.0692. The van der Waals surface area contributed by atoms with Gasteiger partial charge < -0.3 is 15.4 Å². The van der Waals surface area contributed by atoms with Crippen LogP contribution in [0.1, 0.15) is 49.6 Å². The van der Waals surface area contributed by atoms with Crippen molar-refractivity contribution in [2.75, 3.05) is 5.32 Å². The number of hydrogen-bond donors (Lipinski definition) is 3. The van der Waals surface area contributed by atoms with Crippen molar-refractivity contribution in [2.24, 2.45) is 0 Å². The van der Waals surface area contributed by atoms with Crippen molar-refractivity contribution in [2.45, 2.75) is 33.6 Å². The van der Waals surface area contributed by atoms with Crippen LogP contribution >= 0.6 is 11.3 Å². The second-order valence-electron chi connectivity index (χ2n) is 4.94. The molecular formula is C15H18N2O3S. The van der Waals surface area contributed by atoms with E-state index in [1.165, 1.54) is 16.9 Å². The van der Waals surface area contributed by atoms with E-state index in [-0.39, 0.29) is 11.6 Å². The maximum atomic E-state index is 12.3. The van der Waals surface area contributed by atoms with E-state index in [4.69, 9.17) is 5.11 Å². The molecule has 112 valence electrons. The molecule has 2 aromatic rings. The third-order valence-electron chi connectivity index (χ3n) is 3.18. The Labute approximate surface area is 127 Å². The van der Waals surface area contributed by atoms with Crippen LogP contribution in [0, 0.1) is 13.8 Å². The number of nitrogens with one attached hydrogen (secondary N) is 2. The molecule has 6 heteroatoms. The van der Waals surface area contributed by atoms with Gasteiger partial charge in [0.05, 0.1) is 10.6 Å². The van der Waals surface area contributed by atoms with E-state index in [1.54, 1.807) is 13.0 Å². The molecule has 5 nitrogen and oxygen atoms in total. The minimum atomic E-state index is -1.09. The van der Waals surface area contributed by atoms with Crippen LogP contribution in [0.4, 0.5) is 5.69 Å². The van der Waals surface area contributed by atoms with E-state index in [0.29, 0.717) is 16.3 Å². The standard InChI is InChI=1S/C15H18N2O3S/c1-4-5-10-7-12(21-9(10)3)14(18)17-11-6-8(2)16-13(11)15(19)20/h6-7,16H,4-5H2,1-3H3,(H,17,18)(H,19,20). The van der Waals surface area contributed by atoms with Crippen molar-refractivity contribution < 1.29 is 14.7 Å². The predicted molar refractivity (Wildman–Crippen MR) is 83.5 cm³/mol. The van der Waals surface area contributed by atoms with Crippen LogP contribution < -0.4 is 5.32 Å². The zero-order chi connectivity index (χ0) is 15.6. The molecular weight excluding hydrogens is 288 g/mol. The maximum Gasteiger partial charge on any atom is 0.354 e. The van der Waals surface area contributed by atoms with Gasteiger partial charge in [0.1, 0.15) is 5.69 Å². The second kappa shape index (κ2) is 6.13. The van der Waals surface area contributed by atoms with Gasteiger partial charge in [-0.25, -0.2) is 4.79 Å². The number of rotatable bonds is 5. The summed E-state index contributed by atoms with van der Waals surface area (Å²) in [7, 11) is 0. The van der Waals surface area contributed by atoms with Crippen LogP contribution in [-0.4, -0.2) is 22.0 Å². The number of anilines is 1. The molecule has 0 fully saturated rings. The molecule has 2 aromatic heterocycles. The maximum absolute atomic E-state index is 12.3. The topological polar surface area (TPSA) is 82.2 Å². The lowest BCUT2D eigenvalue weighted by Crippen LogP contribution is -2.12. The monoisotopic (exact) mass is 306 g/mol. The molecule has 0 atom stereocenters. The van der Waals surface area contributed by atoms with Gasteiger partial charge in [-0.05, 0) is 38.0 Å². The Balaban J connectivity index is 2.22. The molecule has 0 aliphatic heterocycles. The minimum Gasteiger partial charge on any atom is -0.477 e. The summed E-state index contributed by atoms with van der Waals surface area (Å²) >= 11 is 1.43. The number of thiophene rings is 1. The first kappa shape index (κ1) is 15.3. The van der Waals surface area contributed by atoms with Gasteiger partial charge in [-0.15, -0.1) is 11.3 Å². The van der Waals surface area contributed by atoms with Crippen LogP contribution in [-0.2, 0) is 6.42 Å². The summed E-state index contributed by atoms with van der Waals surface area (Å²) in [4.78, 5) is 27.8. The number of carbonyl (C=O) groups excluding carboxylic acids is 1. The first-order valence-electron chi connectivity index (χ1n) is 6.76. The number of carboxylic acid groups (broad SMARTS) is 1. The molecule has 0 unspecified atom stereocenters. The largest absolute Gasteiger partial charge is 0.477 e. The van der Waals surface area contributed by atoms with Crippen molar-refractivity contribution in [3.63, 3.8) is 0 Å². The number of aromatic nitrogens is 1. The first-order chi connectivity index (χ1) is 9.92. The molecule has 2 rings (SSSR count). The van der Waals surface area contributed by atoms with Gasteiger partial charge in [0.15, 0.2) is 0 Å². The third kappa shape index (κ3) is 3.33. The Morgan fingerprint density at radius 2 is 2.05 bits per heavy atom. The molecule has 0 bridgehead atoms. The van der Waals surface area contributed by atoms with Gasteiger partial charge >= 0.3 is 5.97 Å². The second-order valence-corrected chi connectivity index (χ2v) is 6.20. The number of carboxylic acids is 1. The molecule has 3 N–H and O–H groups in total. The van der Waals surface area contributed by atoms with Crippen molar-refractivity contribution in [3.8, 4) is 0 Å². The summed E-state index contributed by atoms with van der Waals surface area (Å²) in [5.41, 5.74) is 2.17. The number of carbonyl (C=O) groups is 2. The van der Waals surface area contributed by atoms with Crippen LogP contribution in [0.3, 0.4) is 0 Å². The molecule has 0 saturated carbocycles. The van der Waals surface area contributed by atoms with Crippen LogP contribution in [0.25, 0.3) is 0 Å². The lowest BCUT2D eigenvalue weighted by atomic mass is 10.1. The summed E-state index contributed by atoms with van der Waals surface area (Å²) in [5, 5.41) is 11.8. The highest BCUT2D eigenvalue weighted by Gasteiger charge is 2.18. The minimum absolute atomic E-state index is 0.00269. The third-order valence-corrected chi connectivity index (χ3v) is 4.27. The van der Waals surface area contributed by atoms with Gasteiger partial charge in [0, 0.05) is 10.6 Å². The van der Waals surface area contributed by atoms with Crippen molar-refractivity contribution in [1.29, 1.82) is 0 Å². The highest BCUT2D eigenvalue weighted by Crippen LogP contribution is 2.25. The van der Waals surface area contributed by atoms with Gasteiger partial charge in [-0.3, -0.25) is 4.79 Å². The Kier molecular flexibility index (Phi) is 4.47. The van der Waals surface area contributed by atoms with E-state index >= 15 is 0 Å². The Bertz CT molecular complexity index is 685. The van der Waals surface area contributed by atoms with E-state index in [0.717, 1.165) is 17.7 Å². The molecule has 0 aliphatic rings. The summed E-state index contributed by atoms with van der Waals surface area (Å²) in [6, 6.07) is 3.51. The van der Waals surface area contributed by atoms with Crippen LogP contribution in [0.15, 0.2) is 12.1 Å². The summed E-state index contributed by atoms with van der Waals surface area (Å²) in [6.07, 6.45) is 1.97. The number of amides is 1. The van der Waals surface area contributed by atoms with Gasteiger partial charge in [0.2, 0.25) is 0 Å². The van der Waals surface area contributed by atoms with E-state index in [2.05, 4.69) is 17.2 Å². The fraction of sp³-hybridized carbons (Fsp3) is 0.333. The van der Waals surface area contributed by atoms with E-state index in [1.807, 2.05) is 13.0 Å². The molecule has 1 amide bonds.